The van der Waals surface area contributed by atoms with E-state index in [1.807, 2.05) is 0 Å². The van der Waals surface area contributed by atoms with E-state index < -0.39 is 23.2 Å². The van der Waals surface area contributed by atoms with Crippen molar-refractivity contribution in [2.75, 3.05) is 13.7 Å². The Labute approximate surface area is 85.8 Å². The number of nitrogens with two attached hydrogens (primary N) is 1. The average Bonchev–Trinajstić information content (AvgIpc) is 2.17. The van der Waals surface area contributed by atoms with Crippen molar-refractivity contribution >= 4 is 0 Å². The minimum atomic E-state index is -1.04. The molecule has 0 bridgehead atoms. The molecule has 0 aliphatic carbocycles. The number of hydrogen-bond donors (Lipinski definition) is 1. The maximum absolute atomic E-state index is 13.5. The van der Waals surface area contributed by atoms with Gasteiger partial charge in [0.15, 0.2) is 17.4 Å². The van der Waals surface area contributed by atoms with E-state index in [9.17, 15) is 13.2 Å². The normalized spacial score (nSPS) is 10.5. The first kappa shape index (κ1) is 11.8. The summed E-state index contributed by atoms with van der Waals surface area (Å²) >= 11 is 0. The van der Waals surface area contributed by atoms with Crippen LogP contribution in [0.3, 0.4) is 0 Å². The highest BCUT2D eigenvalue weighted by molar-refractivity contribution is 5.34. The van der Waals surface area contributed by atoms with E-state index in [1.165, 1.54) is 0 Å². The molecule has 0 saturated carbocycles. The Morgan fingerprint density at radius 3 is 2.47 bits per heavy atom. The maximum atomic E-state index is 13.5. The molecule has 0 aromatic heterocycles. The number of ether oxygens (including phenoxy) is 1. The van der Waals surface area contributed by atoms with Crippen molar-refractivity contribution in [3.05, 3.63) is 29.1 Å². The topological polar surface area (TPSA) is 35.2 Å². The van der Waals surface area contributed by atoms with Crippen molar-refractivity contribution in [1.82, 2.24) is 0 Å². The Balaban J connectivity index is 3.14. The third-order valence-electron chi connectivity index (χ3n) is 2.06. The molecule has 0 heterocycles. The lowest BCUT2D eigenvalue weighted by atomic mass is 10.1. The Morgan fingerprint density at radius 2 is 1.93 bits per heavy atom. The third-order valence-corrected chi connectivity index (χ3v) is 2.06. The van der Waals surface area contributed by atoms with Gasteiger partial charge < -0.3 is 10.5 Å². The minimum absolute atomic E-state index is 0.130. The van der Waals surface area contributed by atoms with Gasteiger partial charge in [-0.1, -0.05) is 0 Å². The van der Waals surface area contributed by atoms with Crippen LogP contribution < -0.4 is 10.5 Å². The van der Waals surface area contributed by atoms with Crippen LogP contribution in [-0.4, -0.2) is 13.7 Å². The second kappa shape index (κ2) is 5.02. The molecule has 1 rings (SSSR count). The van der Waals surface area contributed by atoms with Gasteiger partial charge in [-0.2, -0.15) is 0 Å². The quantitative estimate of drug-likeness (QED) is 0.840. The molecule has 15 heavy (non-hydrogen) atoms. The van der Waals surface area contributed by atoms with Gasteiger partial charge in [0.05, 0.1) is 7.11 Å². The lowest BCUT2D eigenvalue weighted by Crippen LogP contribution is -2.06. The highest BCUT2D eigenvalue weighted by atomic mass is 19.1. The summed E-state index contributed by atoms with van der Waals surface area (Å²) in [6, 6.07) is 0.619. The number of benzene rings is 1. The molecule has 0 amide bonds. The zero-order chi connectivity index (χ0) is 11.4. The van der Waals surface area contributed by atoms with Gasteiger partial charge in [0, 0.05) is 11.6 Å². The van der Waals surface area contributed by atoms with Gasteiger partial charge in [-0.05, 0) is 19.4 Å². The molecule has 2 nitrogen and oxygen atoms in total. The third kappa shape index (κ3) is 2.41. The van der Waals surface area contributed by atoms with Gasteiger partial charge in [-0.15, -0.1) is 0 Å². The first-order chi connectivity index (χ1) is 7.11. The second-order valence-electron chi connectivity index (χ2n) is 3.06. The van der Waals surface area contributed by atoms with Crippen molar-refractivity contribution < 1.29 is 17.9 Å². The second-order valence-corrected chi connectivity index (χ2v) is 3.06. The van der Waals surface area contributed by atoms with Crippen molar-refractivity contribution in [3.63, 3.8) is 0 Å². The molecule has 0 unspecified atom stereocenters. The average molecular weight is 219 g/mol. The summed E-state index contributed by atoms with van der Waals surface area (Å²) in [6.07, 6.45) is 0.563. The number of rotatable bonds is 4. The molecule has 0 saturated heterocycles. The lowest BCUT2D eigenvalue weighted by Gasteiger charge is -2.09. The molecule has 0 spiro atoms. The van der Waals surface area contributed by atoms with E-state index in [1.54, 1.807) is 0 Å². The smallest absolute Gasteiger partial charge is 0.190 e. The summed E-state index contributed by atoms with van der Waals surface area (Å²) in [6.45, 7) is 0.318. The van der Waals surface area contributed by atoms with Gasteiger partial charge in [0.2, 0.25) is 0 Å². The Hall–Kier alpha value is -1.23. The fourth-order valence-corrected chi connectivity index (χ4v) is 1.31. The minimum Gasteiger partial charge on any atom is -0.491 e. The first-order valence-electron chi connectivity index (χ1n) is 4.52. The van der Waals surface area contributed by atoms with Crippen molar-refractivity contribution in [3.8, 4) is 5.75 Å². The van der Waals surface area contributed by atoms with Crippen LogP contribution in [0.2, 0.25) is 0 Å². The largest absolute Gasteiger partial charge is 0.491 e. The SMILES string of the molecule is COc1c(F)cc(F)c(CCCN)c1F. The van der Waals surface area contributed by atoms with E-state index in [0.717, 1.165) is 7.11 Å². The van der Waals surface area contributed by atoms with Gasteiger partial charge in [0.1, 0.15) is 5.82 Å². The predicted octanol–water partition coefficient (Wildman–Crippen LogP) is 2.00. The molecular weight excluding hydrogens is 207 g/mol. The highest BCUT2D eigenvalue weighted by Gasteiger charge is 2.18. The summed E-state index contributed by atoms with van der Waals surface area (Å²) in [4.78, 5) is 0. The molecule has 0 fully saturated rings. The van der Waals surface area contributed by atoms with E-state index in [0.29, 0.717) is 19.0 Å². The summed E-state index contributed by atoms with van der Waals surface area (Å²) in [7, 11) is 1.13. The van der Waals surface area contributed by atoms with E-state index >= 15 is 0 Å². The summed E-state index contributed by atoms with van der Waals surface area (Å²) < 4.78 is 44.1. The van der Waals surface area contributed by atoms with Crippen LogP contribution in [-0.2, 0) is 6.42 Å². The van der Waals surface area contributed by atoms with E-state index in [-0.39, 0.29) is 12.0 Å². The van der Waals surface area contributed by atoms with Crippen molar-refractivity contribution in [2.24, 2.45) is 5.73 Å². The zero-order valence-electron chi connectivity index (χ0n) is 8.32. The number of hydrogen-bond acceptors (Lipinski definition) is 2. The summed E-state index contributed by atoms with van der Waals surface area (Å²) in [5, 5.41) is 0. The van der Waals surface area contributed by atoms with Gasteiger partial charge in [0.25, 0.3) is 0 Å². The molecule has 1 aromatic rings. The van der Waals surface area contributed by atoms with Crippen LogP contribution >= 0.6 is 0 Å². The van der Waals surface area contributed by atoms with Crippen LogP contribution in [0.15, 0.2) is 6.07 Å². The van der Waals surface area contributed by atoms with Gasteiger partial charge in [-0.3, -0.25) is 0 Å². The molecule has 0 radical (unpaired) electrons. The van der Waals surface area contributed by atoms with Crippen LogP contribution in [0.5, 0.6) is 5.75 Å². The van der Waals surface area contributed by atoms with Crippen molar-refractivity contribution in [2.45, 2.75) is 12.8 Å². The molecular formula is C10H12F3NO. The Bertz CT molecular complexity index is 355. The Morgan fingerprint density at radius 1 is 1.27 bits per heavy atom. The predicted molar refractivity (Wildman–Crippen MR) is 50.2 cm³/mol. The van der Waals surface area contributed by atoms with Crippen LogP contribution in [0.4, 0.5) is 13.2 Å². The number of halogens is 3. The van der Waals surface area contributed by atoms with E-state index in [4.69, 9.17) is 5.73 Å². The molecule has 0 aliphatic rings. The van der Waals surface area contributed by atoms with Crippen LogP contribution in [0, 0.1) is 17.5 Å². The lowest BCUT2D eigenvalue weighted by molar-refractivity contribution is 0.352. The van der Waals surface area contributed by atoms with Gasteiger partial charge in [-0.25, -0.2) is 13.2 Å². The highest BCUT2D eigenvalue weighted by Crippen LogP contribution is 2.27. The fraction of sp³-hybridized carbons (Fsp3) is 0.400. The van der Waals surface area contributed by atoms with E-state index in [2.05, 4.69) is 4.74 Å². The summed E-state index contributed by atoms with van der Waals surface area (Å²) in [5.74, 6) is -3.48. The zero-order valence-corrected chi connectivity index (χ0v) is 8.32. The maximum Gasteiger partial charge on any atom is 0.190 e. The molecule has 84 valence electrons. The Kier molecular flexibility index (Phi) is 3.96. The fourth-order valence-electron chi connectivity index (χ4n) is 1.31. The van der Waals surface area contributed by atoms with Crippen molar-refractivity contribution in [1.29, 1.82) is 0 Å². The molecule has 0 atom stereocenters. The summed E-state index contributed by atoms with van der Waals surface area (Å²) in [5.41, 5.74) is 5.04. The van der Waals surface area contributed by atoms with Crippen LogP contribution in [0.25, 0.3) is 0 Å². The standard InChI is InChI=1S/C10H12F3NO/c1-15-10-8(12)5-7(11)6(9(10)13)3-2-4-14/h5H,2-4,14H2,1H3. The first-order valence-corrected chi connectivity index (χ1v) is 4.52. The monoisotopic (exact) mass is 219 g/mol. The molecule has 5 heteroatoms. The molecule has 1 aromatic carbocycles. The van der Waals surface area contributed by atoms with Crippen LogP contribution in [0.1, 0.15) is 12.0 Å². The molecule has 0 aliphatic heterocycles. The van der Waals surface area contributed by atoms with Gasteiger partial charge >= 0.3 is 0 Å². The number of methoxy groups -OCH3 is 1. The molecule has 2 N–H and O–H groups in total.